The molecule has 0 spiro atoms. The summed E-state index contributed by atoms with van der Waals surface area (Å²) in [6.07, 6.45) is 5.83. The SMILES string of the molecule is Cc1cc(C)c2cc([C@H](c3nnnn3C3CCCCC3)N3CCN(Cc4ccccc4)CC3)c(=O)[nH]c2c1. The molecular weight excluding hydrogens is 474 g/mol. The van der Waals surface area contributed by atoms with Crippen LogP contribution in [0.3, 0.4) is 0 Å². The number of aromatic amines is 1. The van der Waals surface area contributed by atoms with Gasteiger partial charge in [-0.2, -0.15) is 0 Å². The van der Waals surface area contributed by atoms with Crippen LogP contribution < -0.4 is 5.56 Å². The monoisotopic (exact) mass is 511 g/mol. The first-order valence-corrected chi connectivity index (χ1v) is 14.0. The van der Waals surface area contributed by atoms with Crippen LogP contribution in [0.1, 0.15) is 72.3 Å². The molecule has 1 aliphatic carbocycles. The molecule has 6 rings (SSSR count). The first-order valence-electron chi connectivity index (χ1n) is 14.0. The zero-order valence-corrected chi connectivity index (χ0v) is 22.4. The lowest BCUT2D eigenvalue weighted by atomic mass is 9.94. The molecule has 0 unspecified atom stereocenters. The maximum Gasteiger partial charge on any atom is 0.253 e. The Hall–Kier alpha value is -3.36. The number of rotatable bonds is 6. The Labute approximate surface area is 223 Å². The number of hydrogen-bond acceptors (Lipinski definition) is 6. The normalized spacial score (nSPS) is 18.7. The fraction of sp³-hybridized carbons (Fsp3) is 0.467. The predicted molar refractivity (Wildman–Crippen MR) is 149 cm³/mol. The topological polar surface area (TPSA) is 82.9 Å². The van der Waals surface area contributed by atoms with Gasteiger partial charge >= 0.3 is 0 Å². The molecule has 0 bridgehead atoms. The van der Waals surface area contributed by atoms with Crippen LogP contribution in [0, 0.1) is 13.8 Å². The van der Waals surface area contributed by atoms with E-state index in [1.54, 1.807) is 0 Å². The molecule has 0 amide bonds. The van der Waals surface area contributed by atoms with Gasteiger partial charge in [0.2, 0.25) is 0 Å². The summed E-state index contributed by atoms with van der Waals surface area (Å²) in [5.41, 5.74) is 5.19. The van der Waals surface area contributed by atoms with Crippen molar-refractivity contribution in [2.24, 2.45) is 0 Å². The highest BCUT2D eigenvalue weighted by molar-refractivity contribution is 5.83. The second kappa shape index (κ2) is 10.8. The highest BCUT2D eigenvalue weighted by Crippen LogP contribution is 2.34. The van der Waals surface area contributed by atoms with Gasteiger partial charge in [0, 0.05) is 49.2 Å². The minimum absolute atomic E-state index is 0.0580. The summed E-state index contributed by atoms with van der Waals surface area (Å²) in [5.74, 6) is 0.794. The Kier molecular flexibility index (Phi) is 7.08. The van der Waals surface area contributed by atoms with E-state index in [9.17, 15) is 4.79 Å². The largest absolute Gasteiger partial charge is 0.322 e. The van der Waals surface area contributed by atoms with E-state index in [1.165, 1.54) is 24.8 Å². The molecule has 0 radical (unpaired) electrons. The van der Waals surface area contributed by atoms with Crippen LogP contribution in [0.25, 0.3) is 10.9 Å². The van der Waals surface area contributed by atoms with Crippen LogP contribution >= 0.6 is 0 Å². The highest BCUT2D eigenvalue weighted by Gasteiger charge is 2.34. The Bertz CT molecular complexity index is 1450. The van der Waals surface area contributed by atoms with Gasteiger partial charge in [-0.3, -0.25) is 14.6 Å². The summed E-state index contributed by atoms with van der Waals surface area (Å²) in [5, 5.41) is 14.3. The molecule has 2 aliphatic rings. The first kappa shape index (κ1) is 24.9. The average Bonchev–Trinajstić information content (AvgIpc) is 3.41. The number of aromatic nitrogens is 5. The molecule has 2 aromatic heterocycles. The second-order valence-electron chi connectivity index (χ2n) is 11.1. The van der Waals surface area contributed by atoms with Crippen molar-refractivity contribution in [2.45, 2.75) is 64.6 Å². The number of aryl methyl sites for hydroxylation is 2. The van der Waals surface area contributed by atoms with E-state index in [4.69, 9.17) is 0 Å². The maximum atomic E-state index is 13.7. The van der Waals surface area contributed by atoms with Crippen molar-refractivity contribution in [3.05, 3.63) is 87.0 Å². The van der Waals surface area contributed by atoms with Crippen molar-refractivity contribution < 1.29 is 0 Å². The lowest BCUT2D eigenvalue weighted by Gasteiger charge is -2.39. The Morgan fingerprint density at radius 1 is 0.974 bits per heavy atom. The van der Waals surface area contributed by atoms with Gasteiger partial charge in [-0.05, 0) is 65.9 Å². The van der Waals surface area contributed by atoms with Gasteiger partial charge in [0.1, 0.15) is 6.04 Å². The van der Waals surface area contributed by atoms with Crippen molar-refractivity contribution in [3.8, 4) is 0 Å². The van der Waals surface area contributed by atoms with E-state index < -0.39 is 0 Å². The molecule has 3 heterocycles. The van der Waals surface area contributed by atoms with Crippen LogP contribution in [0.5, 0.6) is 0 Å². The maximum absolute atomic E-state index is 13.7. The van der Waals surface area contributed by atoms with Crippen LogP contribution in [0.4, 0.5) is 0 Å². The number of piperazine rings is 1. The van der Waals surface area contributed by atoms with E-state index >= 15 is 0 Å². The van der Waals surface area contributed by atoms with Crippen LogP contribution in [0.15, 0.2) is 53.3 Å². The van der Waals surface area contributed by atoms with Gasteiger partial charge in [0.15, 0.2) is 5.82 Å². The molecule has 198 valence electrons. The predicted octanol–water partition coefficient (Wildman–Crippen LogP) is 4.54. The summed E-state index contributed by atoms with van der Waals surface area (Å²) in [4.78, 5) is 21.7. The molecule has 1 saturated heterocycles. The van der Waals surface area contributed by atoms with Crippen LogP contribution in [-0.2, 0) is 6.54 Å². The van der Waals surface area contributed by atoms with E-state index in [0.717, 1.165) is 79.0 Å². The number of fused-ring (bicyclic) bond motifs is 1. The molecule has 38 heavy (non-hydrogen) atoms. The van der Waals surface area contributed by atoms with Crippen molar-refractivity contribution in [1.29, 1.82) is 0 Å². The molecule has 1 N–H and O–H groups in total. The fourth-order valence-electron chi connectivity index (χ4n) is 6.38. The smallest absolute Gasteiger partial charge is 0.253 e. The summed E-state index contributed by atoms with van der Waals surface area (Å²) in [6, 6.07) is 16.9. The summed E-state index contributed by atoms with van der Waals surface area (Å²) in [7, 11) is 0. The Morgan fingerprint density at radius 3 is 2.50 bits per heavy atom. The number of hydrogen-bond donors (Lipinski definition) is 1. The molecule has 4 aromatic rings. The number of nitrogens with zero attached hydrogens (tertiary/aromatic N) is 6. The number of benzene rings is 2. The van der Waals surface area contributed by atoms with Crippen molar-refractivity contribution in [3.63, 3.8) is 0 Å². The fourth-order valence-corrected chi connectivity index (χ4v) is 6.38. The lowest BCUT2D eigenvalue weighted by molar-refractivity contribution is 0.0982. The summed E-state index contributed by atoms with van der Waals surface area (Å²) < 4.78 is 2.03. The van der Waals surface area contributed by atoms with Gasteiger partial charge < -0.3 is 4.98 Å². The number of tetrazole rings is 1. The Balaban J connectivity index is 1.37. The third-order valence-corrected chi connectivity index (χ3v) is 8.34. The zero-order valence-electron chi connectivity index (χ0n) is 22.4. The molecule has 1 atom stereocenters. The molecule has 8 nitrogen and oxygen atoms in total. The second-order valence-corrected chi connectivity index (χ2v) is 11.1. The van der Waals surface area contributed by atoms with Gasteiger partial charge in [0.25, 0.3) is 5.56 Å². The van der Waals surface area contributed by atoms with E-state index in [0.29, 0.717) is 6.04 Å². The van der Waals surface area contributed by atoms with E-state index in [1.807, 2.05) is 4.68 Å². The van der Waals surface area contributed by atoms with E-state index in [-0.39, 0.29) is 11.6 Å². The highest BCUT2D eigenvalue weighted by atomic mass is 16.1. The van der Waals surface area contributed by atoms with Crippen molar-refractivity contribution in [2.75, 3.05) is 26.2 Å². The van der Waals surface area contributed by atoms with Gasteiger partial charge in [-0.15, -0.1) is 5.10 Å². The number of nitrogens with one attached hydrogen (secondary N) is 1. The van der Waals surface area contributed by atoms with E-state index in [2.05, 4.69) is 92.7 Å². The Morgan fingerprint density at radius 2 is 1.74 bits per heavy atom. The zero-order chi connectivity index (χ0) is 26.1. The van der Waals surface area contributed by atoms with Gasteiger partial charge in [-0.1, -0.05) is 55.7 Å². The van der Waals surface area contributed by atoms with Crippen LogP contribution in [-0.4, -0.2) is 61.2 Å². The van der Waals surface area contributed by atoms with Crippen molar-refractivity contribution in [1.82, 2.24) is 35.0 Å². The third kappa shape index (κ3) is 5.02. The van der Waals surface area contributed by atoms with Gasteiger partial charge in [-0.25, -0.2) is 4.68 Å². The molecule has 1 saturated carbocycles. The molecular formula is C30H37N7O. The minimum Gasteiger partial charge on any atom is -0.322 e. The number of H-pyrrole nitrogens is 1. The third-order valence-electron chi connectivity index (χ3n) is 8.34. The summed E-state index contributed by atoms with van der Waals surface area (Å²) >= 11 is 0. The summed E-state index contributed by atoms with van der Waals surface area (Å²) in [6.45, 7) is 8.67. The number of pyridine rings is 1. The van der Waals surface area contributed by atoms with Crippen LogP contribution in [0.2, 0.25) is 0 Å². The standard InChI is InChI=1S/C30H37N7O/c1-21-17-22(2)25-19-26(30(38)31-27(25)18-21)28(29-32-33-34-37(29)24-11-7-4-8-12-24)36-15-13-35(14-16-36)20-23-9-5-3-6-10-23/h3,5-6,9-10,17-19,24,28H,4,7-8,11-16,20H2,1-2H3,(H,31,38)/t28-/m1/s1. The van der Waals surface area contributed by atoms with Gasteiger partial charge in [0.05, 0.1) is 6.04 Å². The molecule has 1 aliphatic heterocycles. The first-order chi connectivity index (χ1) is 18.6. The lowest BCUT2D eigenvalue weighted by Crippen LogP contribution is -2.48. The average molecular weight is 512 g/mol. The molecule has 2 aromatic carbocycles. The van der Waals surface area contributed by atoms with Crippen molar-refractivity contribution >= 4 is 10.9 Å². The molecule has 8 heteroatoms. The minimum atomic E-state index is -0.292. The molecule has 2 fully saturated rings. The quantitative estimate of drug-likeness (QED) is 0.409.